The number of benzene rings is 2. The van der Waals surface area contributed by atoms with Crippen molar-refractivity contribution in [2.45, 2.75) is 0 Å². The first kappa shape index (κ1) is 13.1. The van der Waals surface area contributed by atoms with Crippen LogP contribution in [0.25, 0.3) is 27.8 Å². The molecule has 2 aromatic carbocycles. The highest BCUT2D eigenvalue weighted by Gasteiger charge is 2.08. The molecule has 0 bridgehead atoms. The quantitative estimate of drug-likeness (QED) is 0.556. The fraction of sp³-hybridized carbons (Fsp3) is 0.0588. The predicted molar refractivity (Wildman–Crippen MR) is 87.9 cm³/mol. The van der Waals surface area contributed by atoms with Crippen LogP contribution in [0, 0.1) is 0 Å². The molecule has 0 fully saturated rings. The predicted octanol–water partition coefficient (Wildman–Crippen LogP) is 4.24. The highest BCUT2D eigenvalue weighted by atomic mass is 35.5. The number of ether oxygens (including phenoxy) is 1. The van der Waals surface area contributed by atoms with Crippen molar-refractivity contribution in [2.24, 2.45) is 0 Å². The van der Waals surface area contributed by atoms with Crippen LogP contribution in [-0.2, 0) is 0 Å². The number of para-hydroxylation sites is 1. The SMILES string of the molecule is COc1ccc2c(c1)ncn2-c1ccc2cccc(Cl)c2n1. The molecular formula is C17H12ClN3O. The molecule has 0 aliphatic rings. The van der Waals surface area contributed by atoms with Crippen LogP contribution >= 0.6 is 11.6 Å². The zero-order valence-electron chi connectivity index (χ0n) is 11.8. The van der Waals surface area contributed by atoms with Crippen molar-refractivity contribution >= 4 is 33.5 Å². The number of fused-ring (bicyclic) bond motifs is 2. The van der Waals surface area contributed by atoms with Gasteiger partial charge in [-0.3, -0.25) is 4.57 Å². The lowest BCUT2D eigenvalue weighted by molar-refractivity contribution is 0.415. The van der Waals surface area contributed by atoms with E-state index in [-0.39, 0.29) is 0 Å². The van der Waals surface area contributed by atoms with Gasteiger partial charge in [-0.15, -0.1) is 0 Å². The minimum Gasteiger partial charge on any atom is -0.497 e. The van der Waals surface area contributed by atoms with Gasteiger partial charge in [0.1, 0.15) is 17.9 Å². The van der Waals surface area contributed by atoms with Gasteiger partial charge in [-0.1, -0.05) is 23.7 Å². The van der Waals surface area contributed by atoms with Gasteiger partial charge in [0.15, 0.2) is 0 Å². The van der Waals surface area contributed by atoms with Crippen LogP contribution in [-0.4, -0.2) is 21.6 Å². The topological polar surface area (TPSA) is 39.9 Å². The summed E-state index contributed by atoms with van der Waals surface area (Å²) in [6, 6.07) is 15.5. The van der Waals surface area contributed by atoms with Gasteiger partial charge in [0, 0.05) is 11.5 Å². The zero-order valence-corrected chi connectivity index (χ0v) is 12.6. The molecule has 5 heteroatoms. The number of methoxy groups -OCH3 is 1. The second-order valence-corrected chi connectivity index (χ2v) is 5.36. The maximum Gasteiger partial charge on any atom is 0.139 e. The monoisotopic (exact) mass is 309 g/mol. The van der Waals surface area contributed by atoms with Gasteiger partial charge in [0.25, 0.3) is 0 Å². The maximum atomic E-state index is 6.24. The van der Waals surface area contributed by atoms with Crippen LogP contribution in [0.15, 0.2) is 54.9 Å². The minimum atomic E-state index is 0.644. The molecule has 22 heavy (non-hydrogen) atoms. The first-order chi connectivity index (χ1) is 10.8. The second-order valence-electron chi connectivity index (χ2n) is 4.95. The van der Waals surface area contributed by atoms with Crippen molar-refractivity contribution in [3.8, 4) is 11.6 Å². The largest absolute Gasteiger partial charge is 0.497 e. The normalized spacial score (nSPS) is 11.2. The number of nitrogens with zero attached hydrogens (tertiary/aromatic N) is 3. The molecule has 2 aromatic heterocycles. The number of hydrogen-bond acceptors (Lipinski definition) is 3. The lowest BCUT2D eigenvalue weighted by Crippen LogP contribution is -1.96. The molecule has 0 saturated carbocycles. The summed E-state index contributed by atoms with van der Waals surface area (Å²) < 4.78 is 7.17. The van der Waals surface area contributed by atoms with Gasteiger partial charge in [-0.25, -0.2) is 9.97 Å². The molecule has 0 unspecified atom stereocenters. The molecule has 0 atom stereocenters. The van der Waals surface area contributed by atoms with E-state index in [0.717, 1.165) is 33.5 Å². The van der Waals surface area contributed by atoms with Gasteiger partial charge in [0.2, 0.25) is 0 Å². The van der Waals surface area contributed by atoms with E-state index in [9.17, 15) is 0 Å². The smallest absolute Gasteiger partial charge is 0.139 e. The van der Waals surface area contributed by atoms with E-state index in [2.05, 4.69) is 9.97 Å². The Bertz CT molecular complexity index is 994. The first-order valence-corrected chi connectivity index (χ1v) is 7.21. The Labute approximate surface area is 131 Å². The Kier molecular flexibility index (Phi) is 2.98. The van der Waals surface area contributed by atoms with Gasteiger partial charge in [-0.2, -0.15) is 0 Å². The summed E-state index contributed by atoms with van der Waals surface area (Å²) in [5.74, 6) is 1.57. The highest BCUT2D eigenvalue weighted by molar-refractivity contribution is 6.35. The van der Waals surface area contributed by atoms with Crippen molar-refractivity contribution < 1.29 is 4.74 Å². The van der Waals surface area contributed by atoms with Crippen LogP contribution in [0.3, 0.4) is 0 Å². The average molecular weight is 310 g/mol. The molecule has 108 valence electrons. The van der Waals surface area contributed by atoms with Gasteiger partial charge < -0.3 is 4.74 Å². The summed E-state index contributed by atoms with van der Waals surface area (Å²) in [5.41, 5.74) is 2.62. The van der Waals surface area contributed by atoms with Crippen LogP contribution < -0.4 is 4.74 Å². The number of pyridine rings is 1. The highest BCUT2D eigenvalue weighted by Crippen LogP contribution is 2.25. The summed E-state index contributed by atoms with van der Waals surface area (Å²) >= 11 is 6.24. The summed E-state index contributed by atoms with van der Waals surface area (Å²) in [7, 11) is 1.64. The molecule has 4 aromatic rings. The standard InChI is InChI=1S/C17H12ClN3O/c1-22-12-6-7-15-14(9-12)19-10-21(15)16-8-5-11-3-2-4-13(18)17(11)20-16/h2-10H,1H3. The summed E-state index contributed by atoms with van der Waals surface area (Å²) in [4.78, 5) is 9.09. The Morgan fingerprint density at radius 3 is 2.86 bits per heavy atom. The third-order valence-corrected chi connectivity index (χ3v) is 3.96. The number of aromatic nitrogens is 3. The third-order valence-electron chi connectivity index (χ3n) is 3.66. The lowest BCUT2D eigenvalue weighted by atomic mass is 10.2. The second kappa shape index (κ2) is 5.00. The van der Waals surface area contributed by atoms with E-state index >= 15 is 0 Å². The van der Waals surface area contributed by atoms with E-state index in [1.807, 2.05) is 53.1 Å². The molecule has 2 heterocycles. The Morgan fingerprint density at radius 2 is 2.00 bits per heavy atom. The number of halogens is 1. The average Bonchev–Trinajstić information content (AvgIpc) is 2.98. The molecule has 0 radical (unpaired) electrons. The van der Waals surface area contributed by atoms with E-state index in [1.54, 1.807) is 13.4 Å². The molecule has 0 amide bonds. The van der Waals surface area contributed by atoms with Crippen molar-refractivity contribution in [3.63, 3.8) is 0 Å². The van der Waals surface area contributed by atoms with Gasteiger partial charge in [-0.05, 0) is 30.3 Å². The van der Waals surface area contributed by atoms with Crippen LogP contribution in [0.5, 0.6) is 5.75 Å². The molecule has 4 rings (SSSR count). The number of rotatable bonds is 2. The van der Waals surface area contributed by atoms with Crippen LogP contribution in [0.4, 0.5) is 0 Å². The molecule has 4 nitrogen and oxygen atoms in total. The Morgan fingerprint density at radius 1 is 1.09 bits per heavy atom. The molecule has 0 aliphatic carbocycles. The Hall–Kier alpha value is -2.59. The molecular weight excluding hydrogens is 298 g/mol. The minimum absolute atomic E-state index is 0.644. The third kappa shape index (κ3) is 2.00. The van der Waals surface area contributed by atoms with Crippen molar-refractivity contribution in [1.82, 2.24) is 14.5 Å². The fourth-order valence-electron chi connectivity index (χ4n) is 2.54. The number of imidazole rings is 1. The van der Waals surface area contributed by atoms with E-state index in [0.29, 0.717) is 5.02 Å². The molecule has 0 aliphatic heterocycles. The van der Waals surface area contributed by atoms with Crippen LogP contribution in [0.1, 0.15) is 0 Å². The molecule has 0 saturated heterocycles. The summed E-state index contributed by atoms with van der Waals surface area (Å²) in [6.07, 6.45) is 1.76. The lowest BCUT2D eigenvalue weighted by Gasteiger charge is -2.06. The molecule has 0 N–H and O–H groups in total. The van der Waals surface area contributed by atoms with E-state index in [4.69, 9.17) is 16.3 Å². The van der Waals surface area contributed by atoms with Crippen molar-refractivity contribution in [1.29, 1.82) is 0 Å². The van der Waals surface area contributed by atoms with Gasteiger partial charge >= 0.3 is 0 Å². The van der Waals surface area contributed by atoms with E-state index < -0.39 is 0 Å². The van der Waals surface area contributed by atoms with E-state index in [1.165, 1.54) is 0 Å². The fourth-order valence-corrected chi connectivity index (χ4v) is 2.76. The van der Waals surface area contributed by atoms with Crippen LogP contribution in [0.2, 0.25) is 5.02 Å². The Balaban J connectivity index is 1.93. The molecule has 0 spiro atoms. The zero-order chi connectivity index (χ0) is 15.1. The van der Waals surface area contributed by atoms with Crippen molar-refractivity contribution in [3.05, 3.63) is 59.9 Å². The summed E-state index contributed by atoms with van der Waals surface area (Å²) in [6.45, 7) is 0. The number of hydrogen-bond donors (Lipinski definition) is 0. The van der Waals surface area contributed by atoms with Crippen molar-refractivity contribution in [2.75, 3.05) is 7.11 Å². The summed E-state index contributed by atoms with van der Waals surface area (Å²) in [5, 5.41) is 1.66. The van der Waals surface area contributed by atoms with Gasteiger partial charge in [0.05, 0.1) is 28.7 Å². The maximum absolute atomic E-state index is 6.24. The first-order valence-electron chi connectivity index (χ1n) is 6.83.